The van der Waals surface area contributed by atoms with Crippen LogP contribution in [0.1, 0.15) is 0 Å². The van der Waals surface area contributed by atoms with E-state index >= 15 is 0 Å². The number of nitrogens with zero attached hydrogens (tertiary/aromatic N) is 1. The van der Waals surface area contributed by atoms with E-state index in [9.17, 15) is 0 Å². The minimum Gasteiger partial charge on any atom is -0.456 e. The summed E-state index contributed by atoms with van der Waals surface area (Å²) in [6.45, 7) is 0. The normalized spacial score (nSPS) is 11.5. The number of furan rings is 2. The first-order valence-electron chi connectivity index (χ1n) is 21.4. The largest absolute Gasteiger partial charge is 0.456 e. The maximum atomic E-state index is 6.66. The van der Waals surface area contributed by atoms with Crippen LogP contribution in [-0.4, -0.2) is 0 Å². The second kappa shape index (κ2) is 15.3. The molecule has 0 spiro atoms. The van der Waals surface area contributed by atoms with Crippen LogP contribution in [0.3, 0.4) is 0 Å². The molecule has 0 amide bonds. The van der Waals surface area contributed by atoms with E-state index in [2.05, 4.69) is 229 Å². The Balaban J connectivity index is 0.972. The van der Waals surface area contributed by atoms with Gasteiger partial charge in [0, 0.05) is 50.7 Å². The predicted octanol–water partition coefficient (Wildman–Crippen LogP) is 17.3. The highest BCUT2D eigenvalue weighted by Crippen LogP contribution is 2.43. The maximum absolute atomic E-state index is 6.66. The molecule has 0 fully saturated rings. The van der Waals surface area contributed by atoms with Gasteiger partial charge in [-0.25, -0.2) is 0 Å². The van der Waals surface area contributed by atoms with Crippen LogP contribution >= 0.6 is 0 Å². The molecule has 0 radical (unpaired) electrons. The minimum absolute atomic E-state index is 0.833. The Labute approximate surface area is 365 Å². The molecule has 3 nitrogen and oxygen atoms in total. The zero-order valence-corrected chi connectivity index (χ0v) is 34.3. The third-order valence-electron chi connectivity index (χ3n) is 12.3. The van der Waals surface area contributed by atoms with Gasteiger partial charge in [0.25, 0.3) is 0 Å². The van der Waals surface area contributed by atoms with Gasteiger partial charge in [-0.05, 0) is 122 Å². The molecule has 2 aromatic heterocycles. The van der Waals surface area contributed by atoms with Crippen LogP contribution < -0.4 is 4.90 Å². The van der Waals surface area contributed by atoms with Crippen molar-refractivity contribution in [2.75, 3.05) is 4.90 Å². The molecule has 0 aliphatic heterocycles. The van der Waals surface area contributed by atoms with Gasteiger partial charge < -0.3 is 13.7 Å². The molecule has 63 heavy (non-hydrogen) atoms. The summed E-state index contributed by atoms with van der Waals surface area (Å²) in [6, 6.07) is 84.0. The topological polar surface area (TPSA) is 29.5 Å². The zero-order chi connectivity index (χ0) is 41.7. The van der Waals surface area contributed by atoms with E-state index in [0.717, 1.165) is 94.3 Å². The molecule has 12 rings (SSSR count). The molecule has 0 aliphatic carbocycles. The Kier molecular flexibility index (Phi) is 8.83. The first-order valence-corrected chi connectivity index (χ1v) is 21.4. The summed E-state index contributed by atoms with van der Waals surface area (Å²) in [5.41, 5.74) is 18.1. The number of benzene rings is 10. The lowest BCUT2D eigenvalue weighted by molar-refractivity contribution is 0.669. The van der Waals surface area contributed by atoms with Gasteiger partial charge in [0.2, 0.25) is 0 Å². The monoisotopic (exact) mass is 805 g/mol. The molecule has 0 saturated carbocycles. The average Bonchev–Trinajstić information content (AvgIpc) is 3.92. The molecule has 10 aromatic carbocycles. The van der Waals surface area contributed by atoms with Crippen molar-refractivity contribution < 1.29 is 8.83 Å². The Morgan fingerprint density at radius 3 is 1.03 bits per heavy atom. The number of hydrogen-bond donors (Lipinski definition) is 0. The van der Waals surface area contributed by atoms with E-state index in [-0.39, 0.29) is 0 Å². The fourth-order valence-corrected chi connectivity index (χ4v) is 9.13. The molecular weight excluding hydrogens is 767 g/mol. The fourth-order valence-electron chi connectivity index (χ4n) is 9.13. The van der Waals surface area contributed by atoms with Crippen LogP contribution in [0, 0.1) is 0 Å². The van der Waals surface area contributed by atoms with E-state index in [0.29, 0.717) is 0 Å². The van der Waals surface area contributed by atoms with E-state index in [1.54, 1.807) is 0 Å². The lowest BCUT2D eigenvalue weighted by Gasteiger charge is -2.25. The van der Waals surface area contributed by atoms with Crippen LogP contribution in [-0.2, 0) is 0 Å². The maximum Gasteiger partial charge on any atom is 0.137 e. The molecule has 0 saturated heterocycles. The van der Waals surface area contributed by atoms with E-state index < -0.39 is 0 Å². The number of fused-ring (bicyclic) bond motifs is 6. The van der Waals surface area contributed by atoms with Gasteiger partial charge >= 0.3 is 0 Å². The van der Waals surface area contributed by atoms with E-state index in [1.165, 1.54) is 22.3 Å². The molecule has 0 N–H and O–H groups in total. The minimum atomic E-state index is 0.833. The van der Waals surface area contributed by atoms with Crippen LogP contribution in [0.15, 0.2) is 245 Å². The standard InChI is InChI=1S/C60H39NO2/c1-5-13-40(14-6-1)46-24-31-52-54-33-28-49(38-59(54)62-57(52)36-46)61(50-29-34-55-53-32-25-47(41-15-7-2-8-16-41)37-58(53)63-60(55)39-50)48-26-21-42(22-27-48)45-23-30-51(43-17-9-3-10-18-43)56(35-45)44-19-11-4-12-20-44/h1-39H. The molecule has 0 unspecified atom stereocenters. The van der Waals surface area contributed by atoms with Gasteiger partial charge in [-0.15, -0.1) is 0 Å². The summed E-state index contributed by atoms with van der Waals surface area (Å²) >= 11 is 0. The van der Waals surface area contributed by atoms with Crippen LogP contribution in [0.4, 0.5) is 17.1 Å². The zero-order valence-electron chi connectivity index (χ0n) is 34.3. The highest BCUT2D eigenvalue weighted by molar-refractivity contribution is 6.09. The lowest BCUT2D eigenvalue weighted by atomic mass is 9.91. The highest BCUT2D eigenvalue weighted by Gasteiger charge is 2.19. The van der Waals surface area contributed by atoms with Crippen molar-refractivity contribution in [3.05, 3.63) is 237 Å². The van der Waals surface area contributed by atoms with Crippen molar-refractivity contribution in [2.45, 2.75) is 0 Å². The quantitative estimate of drug-likeness (QED) is 0.153. The van der Waals surface area contributed by atoms with Crippen molar-refractivity contribution in [3.8, 4) is 55.6 Å². The van der Waals surface area contributed by atoms with E-state index in [1.807, 2.05) is 12.1 Å². The van der Waals surface area contributed by atoms with Crippen LogP contribution in [0.25, 0.3) is 99.5 Å². The summed E-state index contributed by atoms with van der Waals surface area (Å²) in [5, 5.41) is 4.36. The van der Waals surface area contributed by atoms with Crippen LogP contribution in [0.2, 0.25) is 0 Å². The molecule has 3 heteroatoms. The third kappa shape index (κ3) is 6.64. The second-order valence-electron chi connectivity index (χ2n) is 16.1. The Hall–Kier alpha value is -8.40. The summed E-state index contributed by atoms with van der Waals surface area (Å²) in [7, 11) is 0. The lowest BCUT2D eigenvalue weighted by Crippen LogP contribution is -2.09. The molecule has 2 heterocycles. The van der Waals surface area contributed by atoms with Crippen molar-refractivity contribution in [2.24, 2.45) is 0 Å². The van der Waals surface area contributed by atoms with Crippen molar-refractivity contribution in [1.82, 2.24) is 0 Å². The first kappa shape index (κ1) is 36.5. The van der Waals surface area contributed by atoms with Gasteiger partial charge in [-0.1, -0.05) is 158 Å². The van der Waals surface area contributed by atoms with Crippen molar-refractivity contribution >= 4 is 60.9 Å². The van der Waals surface area contributed by atoms with E-state index in [4.69, 9.17) is 8.83 Å². The third-order valence-corrected chi connectivity index (χ3v) is 12.3. The van der Waals surface area contributed by atoms with Gasteiger partial charge in [0.05, 0.1) is 0 Å². The Morgan fingerprint density at radius 2 is 0.556 bits per heavy atom. The Bertz CT molecular complexity index is 3430. The summed E-state index contributed by atoms with van der Waals surface area (Å²) in [5.74, 6) is 0. The summed E-state index contributed by atoms with van der Waals surface area (Å²) in [4.78, 5) is 2.29. The molecular formula is C60H39NO2. The van der Waals surface area contributed by atoms with Gasteiger partial charge in [-0.2, -0.15) is 0 Å². The number of anilines is 3. The summed E-state index contributed by atoms with van der Waals surface area (Å²) in [6.07, 6.45) is 0. The number of rotatable bonds is 8. The fraction of sp³-hybridized carbons (Fsp3) is 0. The second-order valence-corrected chi connectivity index (χ2v) is 16.1. The molecule has 0 bridgehead atoms. The summed E-state index contributed by atoms with van der Waals surface area (Å²) < 4.78 is 13.3. The highest BCUT2D eigenvalue weighted by atomic mass is 16.3. The molecule has 12 aromatic rings. The molecule has 0 atom stereocenters. The van der Waals surface area contributed by atoms with Crippen molar-refractivity contribution in [3.63, 3.8) is 0 Å². The van der Waals surface area contributed by atoms with Crippen LogP contribution in [0.5, 0.6) is 0 Å². The SMILES string of the molecule is c1ccc(-c2ccc3c(c2)oc2cc(N(c4ccc(-c5ccc(-c6ccccc6)c(-c6ccccc6)c5)cc4)c4ccc5c(c4)oc4cc(-c6ccccc6)ccc45)ccc23)cc1. The van der Waals surface area contributed by atoms with Gasteiger partial charge in [-0.3, -0.25) is 0 Å². The molecule has 296 valence electrons. The average molecular weight is 806 g/mol. The van der Waals surface area contributed by atoms with Crippen molar-refractivity contribution in [1.29, 1.82) is 0 Å². The molecule has 0 aliphatic rings. The number of hydrogen-bond acceptors (Lipinski definition) is 3. The smallest absolute Gasteiger partial charge is 0.137 e. The van der Waals surface area contributed by atoms with Gasteiger partial charge in [0.1, 0.15) is 22.3 Å². The first-order chi connectivity index (χ1) is 31.2. The Morgan fingerprint density at radius 1 is 0.222 bits per heavy atom. The predicted molar refractivity (Wildman–Crippen MR) is 263 cm³/mol. The van der Waals surface area contributed by atoms with Gasteiger partial charge in [0.15, 0.2) is 0 Å².